The molecule has 3 heteroatoms. The molecule has 3 nitrogen and oxygen atoms in total. The summed E-state index contributed by atoms with van der Waals surface area (Å²) in [5.74, 6) is 1.58. The number of carbonyl (C=O) groups is 1. The van der Waals surface area contributed by atoms with Gasteiger partial charge in [0, 0.05) is 23.1 Å². The zero-order chi connectivity index (χ0) is 21.2. The van der Waals surface area contributed by atoms with E-state index in [9.17, 15) is 4.79 Å². The Bertz CT molecular complexity index is 849. The van der Waals surface area contributed by atoms with Crippen molar-refractivity contribution in [3.63, 3.8) is 0 Å². The first-order valence-corrected chi connectivity index (χ1v) is 10.7. The number of hydrogen-bond acceptors (Lipinski definition) is 3. The minimum atomic E-state index is 0.0712. The van der Waals surface area contributed by atoms with Crippen molar-refractivity contribution in [1.29, 1.82) is 0 Å². The Balaban J connectivity index is 1.59. The number of carbonyl (C=O) groups excluding carboxylic acids is 1. The topological polar surface area (TPSA) is 38.3 Å². The van der Waals surface area contributed by atoms with E-state index in [1.54, 1.807) is 0 Å². The van der Waals surface area contributed by atoms with Crippen LogP contribution in [0.25, 0.3) is 0 Å². The van der Waals surface area contributed by atoms with Gasteiger partial charge in [0.05, 0.1) is 0 Å². The van der Waals surface area contributed by atoms with E-state index in [-0.39, 0.29) is 16.9 Å². The minimum absolute atomic E-state index is 0.0712. The molecular weight excluding hydrogens is 358 g/mol. The molecule has 1 fully saturated rings. The lowest BCUT2D eigenvalue weighted by Gasteiger charge is -2.46. The molecule has 0 spiro atoms. The Kier molecular flexibility index (Phi) is 6.19. The van der Waals surface area contributed by atoms with E-state index < -0.39 is 0 Å². The van der Waals surface area contributed by atoms with E-state index in [1.807, 2.05) is 36.4 Å². The molecule has 2 aromatic carbocycles. The second-order valence-electron chi connectivity index (χ2n) is 9.98. The Labute approximate surface area is 175 Å². The summed E-state index contributed by atoms with van der Waals surface area (Å²) in [6, 6.07) is 14.0. The van der Waals surface area contributed by atoms with Gasteiger partial charge in [-0.3, -0.25) is 4.79 Å². The van der Waals surface area contributed by atoms with Crippen molar-refractivity contribution in [2.45, 2.75) is 78.5 Å². The van der Waals surface area contributed by atoms with Gasteiger partial charge < -0.3 is 10.1 Å². The number of hydrogen-bond donors (Lipinski definition) is 1. The van der Waals surface area contributed by atoms with E-state index in [4.69, 9.17) is 4.74 Å². The molecule has 1 saturated heterocycles. The molecule has 0 bridgehead atoms. The Hall–Kier alpha value is -2.13. The average molecular weight is 394 g/mol. The van der Waals surface area contributed by atoms with Gasteiger partial charge in [0.1, 0.15) is 12.4 Å². The molecule has 0 atom stereocenters. The van der Waals surface area contributed by atoms with Crippen molar-refractivity contribution in [3.8, 4) is 5.75 Å². The zero-order valence-electron chi connectivity index (χ0n) is 18.8. The largest absolute Gasteiger partial charge is 0.489 e. The third-order valence-corrected chi connectivity index (χ3v) is 5.97. The van der Waals surface area contributed by atoms with Gasteiger partial charge in [0.15, 0.2) is 5.78 Å². The Morgan fingerprint density at radius 3 is 2.24 bits per heavy atom. The second-order valence-corrected chi connectivity index (χ2v) is 9.98. The maximum atomic E-state index is 12.9. The highest BCUT2D eigenvalue weighted by Crippen LogP contribution is 2.35. The van der Waals surface area contributed by atoms with Crippen LogP contribution in [-0.2, 0) is 6.61 Å². The highest BCUT2D eigenvalue weighted by atomic mass is 16.5. The van der Waals surface area contributed by atoms with Crippen LogP contribution in [0.2, 0.25) is 0 Å². The van der Waals surface area contributed by atoms with Crippen molar-refractivity contribution >= 4 is 5.78 Å². The zero-order valence-corrected chi connectivity index (χ0v) is 18.8. The smallest absolute Gasteiger partial charge is 0.163 e. The van der Waals surface area contributed by atoms with E-state index in [2.05, 4.69) is 52.9 Å². The lowest BCUT2D eigenvalue weighted by molar-refractivity contribution is 0.0864. The predicted octanol–water partition coefficient (Wildman–Crippen LogP) is 6.01. The predicted molar refractivity (Wildman–Crippen MR) is 120 cm³/mol. The van der Waals surface area contributed by atoms with Crippen LogP contribution >= 0.6 is 0 Å². The molecule has 1 heterocycles. The lowest BCUT2D eigenvalue weighted by atomic mass is 9.74. The fourth-order valence-electron chi connectivity index (χ4n) is 4.89. The summed E-state index contributed by atoms with van der Waals surface area (Å²) in [7, 11) is 0. The number of rotatable bonds is 6. The number of nitrogens with one attached hydrogen (secondary N) is 1. The molecule has 0 radical (unpaired) electrons. The third kappa shape index (κ3) is 5.70. The Morgan fingerprint density at radius 2 is 1.62 bits per heavy atom. The molecule has 0 unspecified atom stereocenters. The standard InChI is InChI=1S/C26H35NO2/c1-18-8-7-9-24(19(18)2)29-17-20-10-12-22(13-11-20)23(28)14-21-15-25(3,4)27-26(5,6)16-21/h7-13,21,27H,14-17H2,1-6H3. The van der Waals surface area contributed by atoms with E-state index in [0.29, 0.717) is 18.9 Å². The number of benzene rings is 2. The van der Waals surface area contributed by atoms with Crippen LogP contribution in [-0.4, -0.2) is 16.9 Å². The highest BCUT2D eigenvalue weighted by Gasteiger charge is 2.38. The van der Waals surface area contributed by atoms with Crippen molar-refractivity contribution in [2.24, 2.45) is 5.92 Å². The molecule has 1 N–H and O–H groups in total. The van der Waals surface area contributed by atoms with Gasteiger partial charge in [-0.2, -0.15) is 0 Å². The van der Waals surface area contributed by atoms with Crippen LogP contribution < -0.4 is 10.1 Å². The first kappa shape index (κ1) is 21.6. The number of aryl methyl sites for hydroxylation is 1. The highest BCUT2D eigenvalue weighted by molar-refractivity contribution is 5.96. The Morgan fingerprint density at radius 1 is 1.00 bits per heavy atom. The minimum Gasteiger partial charge on any atom is -0.489 e. The molecule has 29 heavy (non-hydrogen) atoms. The van der Waals surface area contributed by atoms with Crippen molar-refractivity contribution < 1.29 is 9.53 Å². The summed E-state index contributed by atoms with van der Waals surface area (Å²) in [4.78, 5) is 12.9. The molecule has 1 aliphatic rings. The van der Waals surface area contributed by atoms with Crippen LogP contribution in [0.3, 0.4) is 0 Å². The van der Waals surface area contributed by atoms with Crippen molar-refractivity contribution in [3.05, 3.63) is 64.7 Å². The van der Waals surface area contributed by atoms with Gasteiger partial charge in [-0.25, -0.2) is 0 Å². The molecule has 156 valence electrons. The number of Topliss-reactive ketones (excluding diaryl/α,β-unsaturated/α-hetero) is 1. The number of piperidine rings is 1. The fraction of sp³-hybridized carbons (Fsp3) is 0.500. The molecule has 0 aliphatic carbocycles. The first-order valence-electron chi connectivity index (χ1n) is 10.7. The summed E-state index contributed by atoms with van der Waals surface area (Å²) in [6.07, 6.45) is 2.68. The summed E-state index contributed by atoms with van der Waals surface area (Å²) in [5.41, 5.74) is 4.42. The van der Waals surface area contributed by atoms with Gasteiger partial charge in [0.25, 0.3) is 0 Å². The maximum Gasteiger partial charge on any atom is 0.163 e. The molecule has 0 saturated carbocycles. The summed E-state index contributed by atoms with van der Waals surface area (Å²) >= 11 is 0. The van der Waals surface area contributed by atoms with Crippen LogP contribution in [0.5, 0.6) is 5.75 Å². The fourth-order valence-corrected chi connectivity index (χ4v) is 4.89. The van der Waals surface area contributed by atoms with Crippen molar-refractivity contribution in [1.82, 2.24) is 5.32 Å². The maximum absolute atomic E-state index is 12.9. The molecule has 0 aromatic heterocycles. The second kappa shape index (κ2) is 8.31. The third-order valence-electron chi connectivity index (χ3n) is 5.97. The van der Waals surface area contributed by atoms with Crippen LogP contribution in [0, 0.1) is 19.8 Å². The summed E-state index contributed by atoms with van der Waals surface area (Å²) in [5, 5.41) is 3.69. The summed E-state index contributed by atoms with van der Waals surface area (Å²) in [6.45, 7) is 13.6. The average Bonchev–Trinajstić information content (AvgIpc) is 2.60. The molecule has 3 rings (SSSR count). The quantitative estimate of drug-likeness (QED) is 0.611. The van der Waals surface area contributed by atoms with E-state index in [0.717, 1.165) is 29.7 Å². The molecule has 0 amide bonds. The molecule has 2 aromatic rings. The monoisotopic (exact) mass is 393 g/mol. The molecular formula is C26H35NO2. The molecule has 1 aliphatic heterocycles. The van der Waals surface area contributed by atoms with Crippen LogP contribution in [0.4, 0.5) is 0 Å². The lowest BCUT2D eigenvalue weighted by Crippen LogP contribution is -2.57. The van der Waals surface area contributed by atoms with Crippen molar-refractivity contribution in [2.75, 3.05) is 0 Å². The van der Waals surface area contributed by atoms with Crippen LogP contribution in [0.1, 0.15) is 74.0 Å². The number of ketones is 1. The van der Waals surface area contributed by atoms with Gasteiger partial charge in [-0.05, 0) is 83.1 Å². The van der Waals surface area contributed by atoms with E-state index in [1.165, 1.54) is 11.1 Å². The van der Waals surface area contributed by atoms with Gasteiger partial charge in [0.2, 0.25) is 0 Å². The van der Waals surface area contributed by atoms with E-state index >= 15 is 0 Å². The summed E-state index contributed by atoms with van der Waals surface area (Å²) < 4.78 is 5.98. The van der Waals surface area contributed by atoms with Gasteiger partial charge >= 0.3 is 0 Å². The van der Waals surface area contributed by atoms with Gasteiger partial charge in [-0.1, -0.05) is 36.4 Å². The SMILES string of the molecule is Cc1cccc(OCc2ccc(C(=O)CC3CC(C)(C)NC(C)(C)C3)cc2)c1C. The first-order chi connectivity index (χ1) is 13.5. The van der Waals surface area contributed by atoms with Gasteiger partial charge in [-0.15, -0.1) is 0 Å². The number of ether oxygens (including phenoxy) is 1. The normalized spacial score (nSPS) is 18.4. The van der Waals surface area contributed by atoms with Crippen LogP contribution in [0.15, 0.2) is 42.5 Å².